The fraction of sp³-hybridized carbons (Fsp3) is 0.667. The highest BCUT2D eigenvalue weighted by Gasteiger charge is 2.33. The number of aromatic nitrogens is 2. The standard InChI is InChI=1S/C18H27N3O2S2/c1-4-9-24-17-20-15(19-7-6-8-22)14-12-10-18(3,5-2)23-11-13(12)25-16(14)21-17/h22H,4-11H2,1-3H3,(H,19,20,21)/t18-/m1/s1. The smallest absolute Gasteiger partial charge is 0.190 e. The van der Waals surface area contributed by atoms with Gasteiger partial charge in [0.2, 0.25) is 0 Å². The fourth-order valence-electron chi connectivity index (χ4n) is 2.95. The minimum atomic E-state index is -0.112. The molecule has 0 unspecified atom stereocenters. The molecule has 5 nitrogen and oxygen atoms in total. The average molecular weight is 382 g/mol. The summed E-state index contributed by atoms with van der Waals surface area (Å²) < 4.78 is 6.11. The summed E-state index contributed by atoms with van der Waals surface area (Å²) in [6.45, 7) is 8.09. The summed E-state index contributed by atoms with van der Waals surface area (Å²) in [7, 11) is 0. The van der Waals surface area contributed by atoms with Crippen LogP contribution in [-0.4, -0.2) is 39.6 Å². The van der Waals surface area contributed by atoms with Gasteiger partial charge in [-0.05, 0) is 31.7 Å². The first-order valence-electron chi connectivity index (χ1n) is 9.04. The summed E-state index contributed by atoms with van der Waals surface area (Å²) in [5.74, 6) is 1.93. The Hall–Kier alpha value is -0.890. The molecular weight excluding hydrogens is 354 g/mol. The predicted molar refractivity (Wildman–Crippen MR) is 106 cm³/mol. The second kappa shape index (κ2) is 8.20. The molecule has 0 saturated carbocycles. The van der Waals surface area contributed by atoms with E-state index in [0.29, 0.717) is 19.6 Å². The van der Waals surface area contributed by atoms with Crippen molar-refractivity contribution >= 4 is 39.1 Å². The largest absolute Gasteiger partial charge is 0.396 e. The third-order valence-electron chi connectivity index (χ3n) is 4.63. The first-order valence-corrected chi connectivity index (χ1v) is 10.8. The van der Waals surface area contributed by atoms with Crippen LogP contribution in [0.15, 0.2) is 5.16 Å². The Bertz CT molecular complexity index is 735. The number of hydrogen-bond donors (Lipinski definition) is 2. The molecule has 3 heterocycles. The predicted octanol–water partition coefficient (Wildman–Crippen LogP) is 4.23. The third-order valence-corrected chi connectivity index (χ3v) is 6.78. The van der Waals surface area contributed by atoms with Crippen LogP contribution in [0, 0.1) is 0 Å². The number of nitrogens with zero attached hydrogens (tertiary/aromatic N) is 2. The van der Waals surface area contributed by atoms with Crippen LogP contribution >= 0.6 is 23.1 Å². The van der Waals surface area contributed by atoms with Crippen LogP contribution < -0.4 is 5.32 Å². The highest BCUT2D eigenvalue weighted by Crippen LogP contribution is 2.42. The van der Waals surface area contributed by atoms with Crippen molar-refractivity contribution in [3.05, 3.63) is 10.4 Å². The van der Waals surface area contributed by atoms with E-state index in [9.17, 15) is 0 Å². The summed E-state index contributed by atoms with van der Waals surface area (Å²) in [5.41, 5.74) is 1.23. The van der Waals surface area contributed by atoms with Crippen molar-refractivity contribution in [3.8, 4) is 0 Å². The Morgan fingerprint density at radius 3 is 2.92 bits per heavy atom. The zero-order chi connectivity index (χ0) is 17.9. The normalized spacial score (nSPS) is 20.0. The van der Waals surface area contributed by atoms with Gasteiger partial charge in [-0.1, -0.05) is 25.6 Å². The molecule has 0 amide bonds. The Labute approximate surface area is 157 Å². The molecule has 2 aromatic heterocycles. The van der Waals surface area contributed by atoms with E-state index < -0.39 is 0 Å². The zero-order valence-electron chi connectivity index (χ0n) is 15.2. The summed E-state index contributed by atoms with van der Waals surface area (Å²) in [6, 6.07) is 0. The Kier molecular flexibility index (Phi) is 6.20. The quantitative estimate of drug-likeness (QED) is 0.405. The zero-order valence-corrected chi connectivity index (χ0v) is 16.9. The maximum absolute atomic E-state index is 9.09. The molecular formula is C18H27N3O2S2. The van der Waals surface area contributed by atoms with Gasteiger partial charge in [-0.15, -0.1) is 11.3 Å². The first kappa shape index (κ1) is 18.9. The van der Waals surface area contributed by atoms with Crippen molar-refractivity contribution in [1.29, 1.82) is 0 Å². The number of fused-ring (bicyclic) bond motifs is 3. The molecule has 0 aromatic carbocycles. The number of thiophene rings is 1. The van der Waals surface area contributed by atoms with E-state index in [4.69, 9.17) is 19.8 Å². The molecule has 1 atom stereocenters. The van der Waals surface area contributed by atoms with Gasteiger partial charge in [0, 0.05) is 30.2 Å². The van der Waals surface area contributed by atoms with Gasteiger partial charge in [0.05, 0.1) is 17.6 Å². The SMILES string of the molecule is CCCSc1nc(NCCCO)c2c3c(sc2n1)CO[C@](C)(CC)C3. The summed E-state index contributed by atoms with van der Waals surface area (Å²) >= 11 is 3.44. The van der Waals surface area contributed by atoms with E-state index in [1.54, 1.807) is 23.1 Å². The van der Waals surface area contributed by atoms with E-state index in [1.807, 2.05) is 0 Å². The van der Waals surface area contributed by atoms with Crippen molar-refractivity contribution in [2.45, 2.75) is 63.8 Å². The molecule has 1 aliphatic heterocycles. The number of rotatable bonds is 8. The van der Waals surface area contributed by atoms with Crippen LogP contribution in [0.1, 0.15) is 50.5 Å². The molecule has 0 fully saturated rings. The van der Waals surface area contributed by atoms with Crippen LogP contribution in [0.5, 0.6) is 0 Å². The van der Waals surface area contributed by atoms with E-state index in [0.717, 1.165) is 46.2 Å². The van der Waals surface area contributed by atoms with Gasteiger partial charge in [0.1, 0.15) is 10.6 Å². The van der Waals surface area contributed by atoms with Gasteiger partial charge in [0.25, 0.3) is 0 Å². The lowest BCUT2D eigenvalue weighted by Crippen LogP contribution is -2.34. The summed E-state index contributed by atoms with van der Waals surface area (Å²) in [5, 5.41) is 14.5. The van der Waals surface area contributed by atoms with Gasteiger partial charge < -0.3 is 15.2 Å². The molecule has 0 aliphatic carbocycles. The molecule has 2 N–H and O–H groups in total. The van der Waals surface area contributed by atoms with Crippen molar-refractivity contribution in [1.82, 2.24) is 9.97 Å². The van der Waals surface area contributed by atoms with Crippen LogP contribution in [0.4, 0.5) is 5.82 Å². The fourth-order valence-corrected chi connectivity index (χ4v) is 4.81. The van der Waals surface area contributed by atoms with Crippen molar-refractivity contribution in [2.75, 3.05) is 24.2 Å². The van der Waals surface area contributed by atoms with Crippen LogP contribution in [-0.2, 0) is 17.8 Å². The maximum atomic E-state index is 9.09. The number of thioether (sulfide) groups is 1. The molecule has 1 aliphatic rings. The highest BCUT2D eigenvalue weighted by molar-refractivity contribution is 7.99. The summed E-state index contributed by atoms with van der Waals surface area (Å²) in [6.07, 6.45) is 3.70. The van der Waals surface area contributed by atoms with Gasteiger partial charge in [0.15, 0.2) is 5.16 Å². The Morgan fingerprint density at radius 1 is 1.36 bits per heavy atom. The number of ether oxygens (including phenoxy) is 1. The van der Waals surface area contributed by atoms with Crippen molar-refractivity contribution < 1.29 is 9.84 Å². The molecule has 0 bridgehead atoms. The van der Waals surface area contributed by atoms with Crippen molar-refractivity contribution in [2.24, 2.45) is 0 Å². The van der Waals surface area contributed by atoms with Gasteiger partial charge in [-0.3, -0.25) is 0 Å². The van der Waals surface area contributed by atoms with E-state index in [-0.39, 0.29) is 12.2 Å². The second-order valence-electron chi connectivity index (χ2n) is 6.66. The lowest BCUT2D eigenvalue weighted by Gasteiger charge is -2.33. The van der Waals surface area contributed by atoms with E-state index in [1.165, 1.54) is 10.4 Å². The highest BCUT2D eigenvalue weighted by atomic mass is 32.2. The van der Waals surface area contributed by atoms with Gasteiger partial charge in [-0.2, -0.15) is 0 Å². The third kappa shape index (κ3) is 4.10. The lowest BCUT2D eigenvalue weighted by molar-refractivity contribution is -0.0542. The van der Waals surface area contributed by atoms with Crippen LogP contribution in [0.25, 0.3) is 10.2 Å². The van der Waals surface area contributed by atoms with Crippen LogP contribution in [0.2, 0.25) is 0 Å². The number of aliphatic hydroxyl groups excluding tert-OH is 1. The monoisotopic (exact) mass is 381 g/mol. The van der Waals surface area contributed by atoms with Gasteiger partial charge in [-0.25, -0.2) is 9.97 Å². The lowest BCUT2D eigenvalue weighted by atomic mass is 9.90. The molecule has 0 radical (unpaired) electrons. The second-order valence-corrected chi connectivity index (χ2v) is 8.81. The van der Waals surface area contributed by atoms with Crippen LogP contribution in [0.3, 0.4) is 0 Å². The molecule has 2 aromatic rings. The minimum Gasteiger partial charge on any atom is -0.396 e. The minimum absolute atomic E-state index is 0.112. The maximum Gasteiger partial charge on any atom is 0.190 e. The first-order chi connectivity index (χ1) is 12.1. The van der Waals surface area contributed by atoms with E-state index in [2.05, 4.69) is 26.1 Å². The van der Waals surface area contributed by atoms with Gasteiger partial charge >= 0.3 is 0 Å². The molecule has 138 valence electrons. The molecule has 0 saturated heterocycles. The average Bonchev–Trinajstić information content (AvgIpc) is 2.97. The van der Waals surface area contributed by atoms with E-state index >= 15 is 0 Å². The molecule has 3 rings (SSSR count). The molecule has 0 spiro atoms. The molecule has 7 heteroatoms. The van der Waals surface area contributed by atoms with Crippen molar-refractivity contribution in [3.63, 3.8) is 0 Å². The number of anilines is 1. The topological polar surface area (TPSA) is 67.3 Å². The Morgan fingerprint density at radius 2 is 2.20 bits per heavy atom. The Balaban J connectivity index is 2.03. The molecule has 25 heavy (non-hydrogen) atoms. The number of aliphatic hydroxyl groups is 1. The summed E-state index contributed by atoms with van der Waals surface area (Å²) in [4.78, 5) is 11.9. The number of hydrogen-bond acceptors (Lipinski definition) is 7. The number of nitrogens with one attached hydrogen (secondary N) is 1.